The van der Waals surface area contributed by atoms with Gasteiger partial charge in [0.1, 0.15) is 17.4 Å². The van der Waals surface area contributed by atoms with E-state index in [1.165, 1.54) is 25.0 Å². The van der Waals surface area contributed by atoms with E-state index in [1.807, 2.05) is 38.1 Å². The lowest BCUT2D eigenvalue weighted by atomic mass is 9.99. The van der Waals surface area contributed by atoms with E-state index in [2.05, 4.69) is 11.8 Å². The molecule has 1 saturated carbocycles. The molecule has 0 amide bonds. The highest BCUT2D eigenvalue weighted by atomic mass is 35.5. The average Bonchev–Trinajstić information content (AvgIpc) is 3.52. The van der Waals surface area contributed by atoms with E-state index >= 15 is 0 Å². The van der Waals surface area contributed by atoms with Crippen LogP contribution >= 0.6 is 11.6 Å². The topological polar surface area (TPSA) is 43.2 Å². The lowest BCUT2D eigenvalue weighted by Gasteiger charge is -2.31. The first-order valence-electron chi connectivity index (χ1n) is 11.2. The third kappa shape index (κ3) is 4.75. The van der Waals surface area contributed by atoms with E-state index in [9.17, 15) is 4.39 Å². The second-order valence-electron chi connectivity index (χ2n) is 8.58. The quantitative estimate of drug-likeness (QED) is 0.371. The number of nitrogens with zero attached hydrogens (tertiary/aromatic N) is 4. The summed E-state index contributed by atoms with van der Waals surface area (Å²) in [5.74, 6) is 2.65. The molecule has 0 N–H and O–H groups in total. The fraction of sp³-hybridized carbons (Fsp3) is 0.440. The number of ether oxygens (including phenoxy) is 1. The predicted octanol–water partition coefficient (Wildman–Crippen LogP) is 6.44. The number of anilines is 1. The maximum absolute atomic E-state index is 13.6. The van der Waals surface area contributed by atoms with Gasteiger partial charge in [0.25, 0.3) is 0 Å². The Morgan fingerprint density at radius 3 is 2.56 bits per heavy atom. The summed E-state index contributed by atoms with van der Waals surface area (Å²) in [5, 5.41) is 5.44. The number of hydrogen-bond donors (Lipinski definition) is 0. The SMILES string of the molecule is CCCN(c1nc(C)n(-c2cc(C)c(OC)cc2Cl)n1)[C@@H](CC1CC1)c1ccc(F)cc1. The van der Waals surface area contributed by atoms with Gasteiger partial charge in [0.2, 0.25) is 5.95 Å². The first kappa shape index (κ1) is 22.6. The Bertz CT molecular complexity index is 1080. The lowest BCUT2D eigenvalue weighted by Crippen LogP contribution is -2.31. The molecule has 0 spiro atoms. The zero-order valence-electron chi connectivity index (χ0n) is 19.1. The molecule has 1 heterocycles. The molecule has 0 unspecified atom stereocenters. The molecule has 1 atom stereocenters. The van der Waals surface area contributed by atoms with Crippen molar-refractivity contribution in [2.45, 2.75) is 52.5 Å². The third-order valence-corrected chi connectivity index (χ3v) is 6.36. The average molecular weight is 457 g/mol. The summed E-state index contributed by atoms with van der Waals surface area (Å²) in [5.41, 5.74) is 2.85. The van der Waals surface area contributed by atoms with Crippen LogP contribution in [0.25, 0.3) is 5.69 Å². The number of aryl methyl sites for hydroxylation is 2. The van der Waals surface area contributed by atoms with Gasteiger partial charge in [-0.1, -0.05) is 43.5 Å². The molecular weight excluding hydrogens is 427 g/mol. The lowest BCUT2D eigenvalue weighted by molar-refractivity contribution is 0.411. The zero-order chi connectivity index (χ0) is 22.8. The molecule has 1 fully saturated rings. The van der Waals surface area contributed by atoms with Gasteiger partial charge in [-0.3, -0.25) is 0 Å². The van der Waals surface area contributed by atoms with Gasteiger partial charge in [-0.25, -0.2) is 9.07 Å². The molecule has 3 aromatic rings. The van der Waals surface area contributed by atoms with E-state index in [0.29, 0.717) is 16.9 Å². The minimum atomic E-state index is -0.219. The Balaban J connectivity index is 1.74. The summed E-state index contributed by atoms with van der Waals surface area (Å²) in [6.07, 6.45) is 4.47. The normalized spacial score (nSPS) is 14.4. The molecular formula is C25H30ClFN4O. The Labute approximate surface area is 194 Å². The maximum Gasteiger partial charge on any atom is 0.245 e. The standard InChI is InChI=1S/C25H30ClFN4O/c1-5-12-30(22(14-18-6-7-18)19-8-10-20(27)11-9-19)25-28-17(3)31(29-25)23-13-16(2)24(32-4)15-21(23)26/h8-11,13,15,18,22H,5-7,12,14H2,1-4H3/t22-/m0/s1. The smallest absolute Gasteiger partial charge is 0.245 e. The number of aromatic nitrogens is 3. The molecule has 1 aliphatic carbocycles. The molecule has 7 heteroatoms. The first-order chi connectivity index (χ1) is 15.4. The van der Waals surface area contributed by atoms with Crippen LogP contribution in [0.5, 0.6) is 5.75 Å². The fourth-order valence-corrected chi connectivity index (χ4v) is 4.42. The Morgan fingerprint density at radius 2 is 1.94 bits per heavy atom. The van der Waals surface area contributed by atoms with E-state index in [0.717, 1.165) is 47.8 Å². The number of rotatable bonds is 9. The highest BCUT2D eigenvalue weighted by Crippen LogP contribution is 2.41. The van der Waals surface area contributed by atoms with Gasteiger partial charge in [0.15, 0.2) is 0 Å². The number of benzene rings is 2. The van der Waals surface area contributed by atoms with Crippen molar-refractivity contribution in [1.82, 2.24) is 14.8 Å². The Kier molecular flexibility index (Phi) is 6.70. The Hall–Kier alpha value is -2.60. The molecule has 32 heavy (non-hydrogen) atoms. The molecule has 2 aromatic carbocycles. The molecule has 1 aliphatic rings. The summed E-state index contributed by atoms with van der Waals surface area (Å²) >= 11 is 6.57. The predicted molar refractivity (Wildman–Crippen MR) is 127 cm³/mol. The van der Waals surface area contributed by atoms with Crippen molar-refractivity contribution in [1.29, 1.82) is 0 Å². The number of halogens is 2. The summed E-state index contributed by atoms with van der Waals surface area (Å²) in [4.78, 5) is 7.09. The highest BCUT2D eigenvalue weighted by Gasteiger charge is 2.31. The molecule has 0 radical (unpaired) electrons. The van der Waals surface area contributed by atoms with Crippen molar-refractivity contribution >= 4 is 17.5 Å². The van der Waals surface area contributed by atoms with Crippen molar-refractivity contribution in [3.8, 4) is 11.4 Å². The highest BCUT2D eigenvalue weighted by molar-refractivity contribution is 6.32. The molecule has 0 bridgehead atoms. The van der Waals surface area contributed by atoms with Crippen LogP contribution in [0.4, 0.5) is 10.3 Å². The van der Waals surface area contributed by atoms with Gasteiger partial charge in [-0.15, -0.1) is 5.10 Å². The minimum Gasteiger partial charge on any atom is -0.496 e. The molecule has 5 nitrogen and oxygen atoms in total. The molecule has 170 valence electrons. The van der Waals surface area contributed by atoms with Crippen LogP contribution in [-0.2, 0) is 0 Å². The van der Waals surface area contributed by atoms with Crippen LogP contribution in [0.3, 0.4) is 0 Å². The number of hydrogen-bond acceptors (Lipinski definition) is 4. The summed E-state index contributed by atoms with van der Waals surface area (Å²) in [6.45, 7) is 6.88. The maximum atomic E-state index is 13.6. The van der Waals surface area contributed by atoms with Crippen LogP contribution < -0.4 is 9.64 Å². The van der Waals surface area contributed by atoms with Crippen LogP contribution in [0.2, 0.25) is 5.02 Å². The van der Waals surface area contributed by atoms with E-state index in [1.54, 1.807) is 11.8 Å². The second-order valence-corrected chi connectivity index (χ2v) is 8.99. The third-order valence-electron chi connectivity index (χ3n) is 6.06. The van der Waals surface area contributed by atoms with E-state index in [-0.39, 0.29) is 11.9 Å². The number of methoxy groups -OCH3 is 1. The van der Waals surface area contributed by atoms with E-state index in [4.69, 9.17) is 26.4 Å². The summed E-state index contributed by atoms with van der Waals surface area (Å²) in [7, 11) is 1.63. The van der Waals surface area contributed by atoms with Gasteiger partial charge >= 0.3 is 0 Å². The van der Waals surface area contributed by atoms with Crippen LogP contribution in [-0.4, -0.2) is 28.4 Å². The minimum absolute atomic E-state index is 0.103. The van der Waals surface area contributed by atoms with Gasteiger partial charge < -0.3 is 9.64 Å². The zero-order valence-corrected chi connectivity index (χ0v) is 19.9. The van der Waals surface area contributed by atoms with Gasteiger partial charge in [0.05, 0.1) is 23.9 Å². The summed E-state index contributed by atoms with van der Waals surface area (Å²) < 4.78 is 20.8. The first-order valence-corrected chi connectivity index (χ1v) is 11.6. The van der Waals surface area contributed by atoms with Gasteiger partial charge in [0, 0.05) is 12.6 Å². The second kappa shape index (κ2) is 9.49. The van der Waals surface area contributed by atoms with Crippen molar-refractivity contribution in [2.75, 3.05) is 18.6 Å². The molecule has 0 saturated heterocycles. The van der Waals surface area contributed by atoms with Gasteiger partial charge in [-0.05, 0) is 61.9 Å². The van der Waals surface area contributed by atoms with Crippen molar-refractivity contribution in [3.05, 3.63) is 64.2 Å². The van der Waals surface area contributed by atoms with Crippen molar-refractivity contribution in [2.24, 2.45) is 5.92 Å². The summed E-state index contributed by atoms with van der Waals surface area (Å²) in [6, 6.07) is 10.7. The molecule has 0 aliphatic heterocycles. The van der Waals surface area contributed by atoms with Crippen molar-refractivity contribution in [3.63, 3.8) is 0 Å². The van der Waals surface area contributed by atoms with Gasteiger partial charge in [-0.2, -0.15) is 4.98 Å². The van der Waals surface area contributed by atoms with Crippen LogP contribution in [0, 0.1) is 25.6 Å². The molecule has 1 aromatic heterocycles. The van der Waals surface area contributed by atoms with Crippen molar-refractivity contribution < 1.29 is 9.13 Å². The molecule has 4 rings (SSSR count). The van der Waals surface area contributed by atoms with E-state index < -0.39 is 0 Å². The fourth-order valence-electron chi connectivity index (χ4n) is 4.19. The monoisotopic (exact) mass is 456 g/mol. The Morgan fingerprint density at radius 1 is 1.22 bits per heavy atom. The van der Waals surface area contributed by atoms with Crippen LogP contribution in [0.1, 0.15) is 55.6 Å². The van der Waals surface area contributed by atoms with Crippen LogP contribution in [0.15, 0.2) is 36.4 Å². The largest absolute Gasteiger partial charge is 0.496 e.